The van der Waals surface area contributed by atoms with Gasteiger partial charge >= 0.3 is 7.12 Å². The number of hydrogen-bond acceptors (Lipinski definition) is 11. The molecule has 0 saturated carbocycles. The summed E-state index contributed by atoms with van der Waals surface area (Å²) in [5.41, 5.74) is 33.0. The van der Waals surface area contributed by atoms with Crippen molar-refractivity contribution in [1.82, 2.24) is 24.9 Å². The SMILES string of the molecule is COc1ccccc1-c1ccccc1N.COc1ccccc1Br.Cc1cccc2c(-c3ccc(-c4ccc5ccc6ccc(-c7ccccc7)nc6c5n4)cc3)nc3ccccc3c12.Cc1cccc2c(-c3ccc(B4OC(C)(C)C(C)(C)O4)cc3)nc3ccccc3c12.Cc1cccc2c(-c3ccc(Br)cc3)nc3ccccc3c12.Cc1ccccc1-c1ccccc1NC(=O)c1ccc(Br)cc1. The van der Waals surface area contributed by atoms with E-state index in [0.717, 1.165) is 159 Å². The molecule has 1 fully saturated rings. The van der Waals surface area contributed by atoms with Gasteiger partial charge < -0.3 is 29.8 Å². The molecule has 1 amide bonds. The first-order valence-corrected chi connectivity index (χ1v) is 48.8. The van der Waals surface area contributed by atoms with E-state index in [1.807, 2.05) is 152 Å². The van der Waals surface area contributed by atoms with Crippen LogP contribution in [0.2, 0.25) is 0 Å². The summed E-state index contributed by atoms with van der Waals surface area (Å²) in [4.78, 5) is 37.7. The van der Waals surface area contributed by atoms with Crippen molar-refractivity contribution in [2.75, 3.05) is 25.3 Å². The molecule has 17 aromatic carbocycles. The van der Waals surface area contributed by atoms with E-state index in [1.54, 1.807) is 26.4 Å². The van der Waals surface area contributed by atoms with Gasteiger partial charge in [0.2, 0.25) is 0 Å². The molecule has 140 heavy (non-hydrogen) atoms. The van der Waals surface area contributed by atoms with Crippen LogP contribution in [0.5, 0.6) is 11.5 Å². The lowest BCUT2D eigenvalue weighted by Gasteiger charge is -2.32. The predicted octanol–water partition coefficient (Wildman–Crippen LogP) is 32.7. The van der Waals surface area contributed by atoms with Crippen LogP contribution in [0.4, 0.5) is 11.4 Å². The number of nitrogen functional groups attached to an aromatic ring is 1. The number of nitrogens with one attached hydrogen (secondary N) is 1. The van der Waals surface area contributed by atoms with E-state index in [4.69, 9.17) is 49.4 Å². The second kappa shape index (κ2) is 42.5. The Morgan fingerprint density at radius 2 is 0.679 bits per heavy atom. The summed E-state index contributed by atoms with van der Waals surface area (Å²) in [6.45, 7) is 16.9. The van der Waals surface area contributed by atoms with Gasteiger partial charge in [0.25, 0.3) is 5.91 Å². The van der Waals surface area contributed by atoms with Gasteiger partial charge in [0.15, 0.2) is 0 Å². The number of amides is 1. The Labute approximate surface area is 841 Å². The lowest BCUT2D eigenvalue weighted by Crippen LogP contribution is -2.41. The first-order chi connectivity index (χ1) is 68.0. The van der Waals surface area contributed by atoms with Crippen LogP contribution >= 0.6 is 47.8 Å². The van der Waals surface area contributed by atoms with Crippen LogP contribution in [0.25, 0.3) is 165 Å². The summed E-state index contributed by atoms with van der Waals surface area (Å²) in [6, 6.07) is 140. The number of carbonyl (C=O) groups is 1. The van der Waals surface area contributed by atoms with Crippen LogP contribution in [0.15, 0.2) is 426 Å². The second-order valence-corrected chi connectivity index (χ2v) is 38.1. The molecule has 0 unspecified atom stereocenters. The van der Waals surface area contributed by atoms with Crippen molar-refractivity contribution >= 4 is 164 Å². The molecule has 1 aliphatic rings. The van der Waals surface area contributed by atoms with Crippen molar-refractivity contribution in [3.05, 3.63) is 454 Å². The van der Waals surface area contributed by atoms with E-state index >= 15 is 0 Å². The molecule has 23 rings (SSSR count). The van der Waals surface area contributed by atoms with Crippen LogP contribution in [0.3, 0.4) is 0 Å². The number of pyridine rings is 5. The Kier molecular flexibility index (Phi) is 28.9. The van der Waals surface area contributed by atoms with Crippen molar-refractivity contribution in [3.8, 4) is 90.0 Å². The number of aryl methyl sites for hydroxylation is 4. The largest absolute Gasteiger partial charge is 0.496 e. The Morgan fingerprint density at radius 3 is 1.14 bits per heavy atom. The lowest BCUT2D eigenvalue weighted by molar-refractivity contribution is 0.00578. The van der Waals surface area contributed by atoms with Crippen molar-refractivity contribution in [1.29, 1.82) is 0 Å². The molecule has 0 bridgehead atoms. The summed E-state index contributed by atoms with van der Waals surface area (Å²) < 4.78 is 25.7. The van der Waals surface area contributed by atoms with E-state index in [-0.39, 0.29) is 24.2 Å². The minimum Gasteiger partial charge on any atom is -0.496 e. The number of para-hydroxylation sites is 7. The van der Waals surface area contributed by atoms with E-state index < -0.39 is 0 Å². The minimum absolute atomic E-state index is 0.112. The van der Waals surface area contributed by atoms with Gasteiger partial charge in [-0.2, -0.15) is 0 Å². The average molecular weight is 2020 g/mol. The van der Waals surface area contributed by atoms with Crippen LogP contribution in [0, 0.1) is 27.7 Å². The maximum atomic E-state index is 12.5. The van der Waals surface area contributed by atoms with Crippen LogP contribution < -0.4 is 26.0 Å². The molecule has 686 valence electrons. The zero-order valence-electron chi connectivity index (χ0n) is 79.3. The number of nitrogens with zero attached hydrogens (tertiary/aromatic N) is 5. The standard InChI is InChI=1S/C38H25N3.C26H26BNO2.C20H16BrNO.C20H14BrN.C13H13NO.C7H7BrO/c1-24-8-7-12-31-35(24)30-11-5-6-13-34(30)41-36(31)27-16-14-26(15-17-27)33-23-21-29-19-18-28-20-22-32(25-9-3-2-4-10-25)39-37(28)38(29)40-33;1-17-9-8-11-21-23(17)20-10-6-7-12-22(20)28-24(21)18-13-15-19(16-14-18)27-29-25(2,3)26(4,5)30-27;1-14-6-2-3-7-17(14)18-8-4-5-9-19(18)22-20(23)15-10-12-16(21)13-11-15;1-13-5-4-7-17-19(13)16-6-2-3-8-18(16)22-20(17)14-9-11-15(21)12-10-14;1-15-13-9-5-3-7-11(13)10-6-2-4-8-12(10)14;1-9-7-5-3-2-4-6(7)8/h2-23H,1H3;6-16H,1-5H3;2-13H,1H3,(H,22,23);2-12H,1H3;2-9H,14H2,1H3;2-5H,1H3. The third-order valence-corrected chi connectivity index (χ3v) is 27.5. The van der Waals surface area contributed by atoms with E-state index in [9.17, 15) is 4.79 Å². The average Bonchev–Trinajstić information content (AvgIpc) is 0.965. The number of nitrogens with two attached hydrogens (primary N) is 1. The van der Waals surface area contributed by atoms with Gasteiger partial charge in [-0.05, 0) is 218 Å². The Hall–Kier alpha value is -15.1. The number of anilines is 2. The van der Waals surface area contributed by atoms with Crippen molar-refractivity contribution in [3.63, 3.8) is 0 Å². The fourth-order valence-corrected chi connectivity index (χ4v) is 18.8. The Morgan fingerprint density at radius 1 is 0.321 bits per heavy atom. The minimum atomic E-state index is -0.354. The number of halogens is 3. The third-order valence-electron chi connectivity index (χ3n) is 25.8. The third kappa shape index (κ3) is 20.7. The van der Waals surface area contributed by atoms with Gasteiger partial charge in [-0.15, -0.1) is 0 Å². The van der Waals surface area contributed by atoms with Gasteiger partial charge in [-0.3, -0.25) is 4.79 Å². The molecule has 1 aliphatic heterocycles. The molecule has 0 spiro atoms. The summed E-state index contributed by atoms with van der Waals surface area (Å²) in [7, 11) is 2.96. The Balaban J connectivity index is 0.000000117. The van der Waals surface area contributed by atoms with Gasteiger partial charge in [0.1, 0.15) is 11.5 Å². The molecule has 0 aliphatic carbocycles. The number of fused-ring (bicyclic) bond motifs is 12. The molecule has 22 aromatic rings. The number of benzene rings is 17. The smallest absolute Gasteiger partial charge is 0.494 e. The zero-order chi connectivity index (χ0) is 97.1. The molecule has 12 nitrogen and oxygen atoms in total. The number of methoxy groups -OCH3 is 2. The first-order valence-electron chi connectivity index (χ1n) is 46.5. The topological polar surface area (TPSA) is 156 Å². The van der Waals surface area contributed by atoms with Gasteiger partial charge in [0, 0.05) is 113 Å². The molecule has 6 heterocycles. The first kappa shape index (κ1) is 95.2. The highest BCUT2D eigenvalue weighted by Crippen LogP contribution is 2.43. The highest BCUT2D eigenvalue weighted by Gasteiger charge is 2.51. The van der Waals surface area contributed by atoms with E-state index in [2.05, 4.69) is 357 Å². The van der Waals surface area contributed by atoms with Gasteiger partial charge in [0.05, 0.1) is 85.9 Å². The lowest BCUT2D eigenvalue weighted by atomic mass is 9.78. The maximum absolute atomic E-state index is 12.5. The summed E-state index contributed by atoms with van der Waals surface area (Å²) in [5.74, 6) is 1.60. The maximum Gasteiger partial charge on any atom is 0.494 e. The number of aromatic nitrogens is 5. The normalized spacial score (nSPS) is 12.3. The van der Waals surface area contributed by atoms with Gasteiger partial charge in [-0.1, -0.05) is 347 Å². The quantitative estimate of drug-likeness (QED) is 0.0682. The van der Waals surface area contributed by atoms with Crippen LogP contribution in [-0.4, -0.2) is 63.4 Å². The highest BCUT2D eigenvalue weighted by atomic mass is 79.9. The second-order valence-electron chi connectivity index (χ2n) is 35.4. The van der Waals surface area contributed by atoms with Crippen LogP contribution in [-0.2, 0) is 9.31 Å². The van der Waals surface area contributed by atoms with Crippen molar-refractivity contribution < 1.29 is 23.6 Å². The number of ether oxygens (including phenoxy) is 2. The number of carbonyl (C=O) groups excluding carboxylic acids is 1. The molecule has 3 N–H and O–H groups in total. The predicted molar refractivity (Wildman–Crippen MR) is 595 cm³/mol. The molecule has 5 aromatic heterocycles. The summed E-state index contributed by atoms with van der Waals surface area (Å²) >= 11 is 10.2. The van der Waals surface area contributed by atoms with Crippen molar-refractivity contribution in [2.45, 2.75) is 66.6 Å². The molecular weight excluding hydrogens is 1920 g/mol. The fourth-order valence-electron chi connectivity index (χ4n) is 17.8. The van der Waals surface area contributed by atoms with E-state index in [0.29, 0.717) is 5.56 Å². The molecule has 16 heteroatoms. The molecule has 0 radical (unpaired) electrons. The van der Waals surface area contributed by atoms with Gasteiger partial charge in [-0.25, -0.2) is 24.9 Å². The highest BCUT2D eigenvalue weighted by molar-refractivity contribution is 9.11. The van der Waals surface area contributed by atoms with E-state index in [1.165, 1.54) is 70.7 Å². The molecular formula is C124H101BBr3N7O5. The monoisotopic (exact) mass is 2020 g/mol. The number of hydrogen-bond donors (Lipinski definition) is 2. The Bertz CT molecular complexity index is 8300. The fraction of sp³-hybridized carbons (Fsp3) is 0.0968. The summed E-state index contributed by atoms with van der Waals surface area (Å²) in [6.07, 6.45) is 0. The zero-order valence-corrected chi connectivity index (χ0v) is 84.1. The molecule has 1 saturated heterocycles. The number of rotatable bonds is 12. The van der Waals surface area contributed by atoms with Crippen molar-refractivity contribution in [2.24, 2.45) is 0 Å². The summed E-state index contributed by atoms with van der Waals surface area (Å²) in [5, 5.41) is 16.2. The molecule has 0 atom stereocenters. The van der Waals surface area contributed by atoms with Crippen LogP contribution in [0.1, 0.15) is 60.3 Å².